The van der Waals surface area contributed by atoms with Gasteiger partial charge in [-0.1, -0.05) is 0 Å². The van der Waals surface area contributed by atoms with Crippen molar-refractivity contribution in [3.8, 4) is 0 Å². The lowest BCUT2D eigenvalue weighted by molar-refractivity contribution is -0.168. The predicted molar refractivity (Wildman–Crippen MR) is 30.7 cm³/mol. The van der Waals surface area contributed by atoms with E-state index < -0.39 is 23.9 Å². The SMILES string of the molecule is FC(F)(F)C1C(C2CC2)C1(F)F. The standard InChI is InChI=1S/C7H7F5/c8-6(9)4(3-1-2-3)5(6)7(10,11)12/h3-5H,1-2H2. The van der Waals surface area contributed by atoms with Gasteiger partial charge in [0.1, 0.15) is 5.92 Å². The minimum absolute atomic E-state index is 0.369. The molecule has 2 rings (SSSR count). The van der Waals surface area contributed by atoms with Crippen LogP contribution in [0, 0.1) is 17.8 Å². The van der Waals surface area contributed by atoms with Gasteiger partial charge in [0.05, 0.1) is 0 Å². The molecule has 2 unspecified atom stereocenters. The molecule has 2 fully saturated rings. The van der Waals surface area contributed by atoms with Gasteiger partial charge in [0.15, 0.2) is 0 Å². The Morgan fingerprint density at radius 1 is 1.08 bits per heavy atom. The highest BCUT2D eigenvalue weighted by Crippen LogP contribution is 2.69. The average Bonchev–Trinajstić information content (AvgIpc) is 2.60. The van der Waals surface area contributed by atoms with Crippen LogP contribution in [0.3, 0.4) is 0 Å². The van der Waals surface area contributed by atoms with Gasteiger partial charge in [-0.05, 0) is 18.8 Å². The fraction of sp³-hybridized carbons (Fsp3) is 1.00. The maximum atomic E-state index is 12.5. The lowest BCUT2D eigenvalue weighted by atomic mass is 10.2. The van der Waals surface area contributed by atoms with Crippen LogP contribution in [-0.4, -0.2) is 12.1 Å². The second kappa shape index (κ2) is 1.93. The predicted octanol–water partition coefficient (Wildman–Crippen LogP) is 2.84. The van der Waals surface area contributed by atoms with Crippen LogP contribution in [0.4, 0.5) is 22.0 Å². The maximum Gasteiger partial charge on any atom is 0.398 e. The molecule has 2 aliphatic rings. The van der Waals surface area contributed by atoms with Gasteiger partial charge in [-0.15, -0.1) is 0 Å². The van der Waals surface area contributed by atoms with E-state index in [0.717, 1.165) is 0 Å². The van der Waals surface area contributed by atoms with Crippen LogP contribution in [0.2, 0.25) is 0 Å². The summed E-state index contributed by atoms with van der Waals surface area (Å²) in [6.45, 7) is 0. The molecule has 0 nitrogen and oxygen atoms in total. The molecule has 0 aromatic carbocycles. The minimum Gasteiger partial charge on any atom is -0.206 e. The first-order valence-electron chi connectivity index (χ1n) is 3.79. The van der Waals surface area contributed by atoms with Crippen molar-refractivity contribution in [1.29, 1.82) is 0 Å². The second-order valence-corrected chi connectivity index (χ2v) is 3.56. The Morgan fingerprint density at radius 3 is 1.83 bits per heavy atom. The molecule has 0 spiro atoms. The Bertz CT molecular complexity index is 202. The van der Waals surface area contributed by atoms with E-state index in [9.17, 15) is 22.0 Å². The van der Waals surface area contributed by atoms with Crippen LogP contribution in [0.15, 0.2) is 0 Å². The molecule has 0 aliphatic heterocycles. The molecule has 2 saturated carbocycles. The third-order valence-corrected chi connectivity index (χ3v) is 2.59. The molecule has 70 valence electrons. The van der Waals surface area contributed by atoms with Crippen LogP contribution < -0.4 is 0 Å². The monoisotopic (exact) mass is 186 g/mol. The Labute approximate surface area is 65.7 Å². The number of hydrogen-bond donors (Lipinski definition) is 0. The number of halogens is 5. The van der Waals surface area contributed by atoms with E-state index in [0.29, 0.717) is 12.8 Å². The highest BCUT2D eigenvalue weighted by atomic mass is 19.4. The highest BCUT2D eigenvalue weighted by Gasteiger charge is 2.81. The van der Waals surface area contributed by atoms with E-state index in [1.807, 2.05) is 0 Å². The molecule has 0 bridgehead atoms. The molecular formula is C7H7F5. The summed E-state index contributed by atoms with van der Waals surface area (Å²) in [6, 6.07) is 0. The van der Waals surface area contributed by atoms with Crippen molar-refractivity contribution in [2.75, 3.05) is 0 Å². The van der Waals surface area contributed by atoms with Gasteiger partial charge in [-0.25, -0.2) is 8.78 Å². The van der Waals surface area contributed by atoms with E-state index in [2.05, 4.69) is 0 Å². The second-order valence-electron chi connectivity index (χ2n) is 3.56. The Balaban J connectivity index is 2.10. The summed E-state index contributed by atoms with van der Waals surface area (Å²) < 4.78 is 60.7. The summed E-state index contributed by atoms with van der Waals surface area (Å²) in [7, 11) is 0. The van der Waals surface area contributed by atoms with E-state index in [4.69, 9.17) is 0 Å². The van der Waals surface area contributed by atoms with Gasteiger partial charge in [0.2, 0.25) is 0 Å². The summed E-state index contributed by atoms with van der Waals surface area (Å²) >= 11 is 0. The van der Waals surface area contributed by atoms with Gasteiger partial charge in [0.25, 0.3) is 5.92 Å². The fourth-order valence-corrected chi connectivity index (χ4v) is 1.81. The first-order valence-corrected chi connectivity index (χ1v) is 3.79. The largest absolute Gasteiger partial charge is 0.398 e. The maximum absolute atomic E-state index is 12.5. The molecule has 0 aromatic rings. The molecule has 0 amide bonds. The number of alkyl halides is 5. The summed E-state index contributed by atoms with van der Waals surface area (Å²) in [6.07, 6.45) is -3.64. The van der Waals surface area contributed by atoms with Crippen LogP contribution in [0.1, 0.15) is 12.8 Å². The van der Waals surface area contributed by atoms with Gasteiger partial charge in [0, 0.05) is 5.92 Å². The van der Waals surface area contributed by atoms with Crippen molar-refractivity contribution in [3.63, 3.8) is 0 Å². The lowest BCUT2D eigenvalue weighted by Gasteiger charge is -2.02. The molecule has 5 heteroatoms. The minimum atomic E-state index is -4.71. The van der Waals surface area contributed by atoms with Crippen molar-refractivity contribution in [3.05, 3.63) is 0 Å². The molecular weight excluding hydrogens is 179 g/mol. The third kappa shape index (κ3) is 1.02. The normalized spacial score (nSPS) is 39.8. The first kappa shape index (κ1) is 8.26. The third-order valence-electron chi connectivity index (χ3n) is 2.59. The van der Waals surface area contributed by atoms with E-state index in [1.54, 1.807) is 0 Å². The Kier molecular flexibility index (Phi) is 1.33. The van der Waals surface area contributed by atoms with Crippen molar-refractivity contribution < 1.29 is 22.0 Å². The average molecular weight is 186 g/mol. The van der Waals surface area contributed by atoms with Gasteiger partial charge in [-0.3, -0.25) is 0 Å². The van der Waals surface area contributed by atoms with Crippen molar-refractivity contribution in [2.45, 2.75) is 24.9 Å². The highest BCUT2D eigenvalue weighted by molar-refractivity contribution is 5.13. The van der Waals surface area contributed by atoms with Crippen LogP contribution in [0.25, 0.3) is 0 Å². The molecule has 0 aromatic heterocycles. The number of rotatable bonds is 1. The summed E-state index contributed by atoms with van der Waals surface area (Å²) in [4.78, 5) is 0. The zero-order chi connectivity index (χ0) is 9.15. The smallest absolute Gasteiger partial charge is 0.206 e. The van der Waals surface area contributed by atoms with Crippen molar-refractivity contribution in [1.82, 2.24) is 0 Å². The molecule has 12 heavy (non-hydrogen) atoms. The summed E-state index contributed by atoms with van der Waals surface area (Å²) in [5.74, 6) is -7.60. The van der Waals surface area contributed by atoms with Crippen molar-refractivity contribution in [2.24, 2.45) is 17.8 Å². The molecule has 0 radical (unpaired) electrons. The quantitative estimate of drug-likeness (QED) is 0.552. The molecule has 0 heterocycles. The summed E-state index contributed by atoms with van der Waals surface area (Å²) in [5.41, 5.74) is 0. The fourth-order valence-electron chi connectivity index (χ4n) is 1.81. The number of hydrogen-bond acceptors (Lipinski definition) is 0. The zero-order valence-corrected chi connectivity index (χ0v) is 6.04. The van der Waals surface area contributed by atoms with Crippen LogP contribution in [-0.2, 0) is 0 Å². The Morgan fingerprint density at radius 2 is 1.58 bits per heavy atom. The molecule has 2 aliphatic carbocycles. The topological polar surface area (TPSA) is 0 Å². The Hall–Kier alpha value is -0.350. The van der Waals surface area contributed by atoms with Crippen LogP contribution >= 0.6 is 0 Å². The lowest BCUT2D eigenvalue weighted by Crippen LogP contribution is -2.15. The van der Waals surface area contributed by atoms with E-state index in [1.165, 1.54) is 0 Å². The van der Waals surface area contributed by atoms with E-state index in [-0.39, 0.29) is 5.92 Å². The molecule has 0 saturated heterocycles. The zero-order valence-electron chi connectivity index (χ0n) is 6.04. The molecule has 2 atom stereocenters. The van der Waals surface area contributed by atoms with Gasteiger partial charge >= 0.3 is 6.18 Å². The van der Waals surface area contributed by atoms with E-state index >= 15 is 0 Å². The van der Waals surface area contributed by atoms with Crippen molar-refractivity contribution >= 4 is 0 Å². The molecule has 0 N–H and O–H groups in total. The summed E-state index contributed by atoms with van der Waals surface area (Å²) in [5, 5.41) is 0. The van der Waals surface area contributed by atoms with Gasteiger partial charge in [-0.2, -0.15) is 13.2 Å². The van der Waals surface area contributed by atoms with Crippen LogP contribution in [0.5, 0.6) is 0 Å². The van der Waals surface area contributed by atoms with Gasteiger partial charge < -0.3 is 0 Å². The first-order chi connectivity index (χ1) is 5.35.